The summed E-state index contributed by atoms with van der Waals surface area (Å²) in [6.07, 6.45) is 6.39. The monoisotopic (exact) mass is 218 g/mol. The lowest BCUT2D eigenvalue weighted by atomic mass is 10.2. The number of nitrogens with zero attached hydrogens (tertiary/aromatic N) is 4. The number of carboxylic acid groups (broad SMARTS) is 1. The SMILES string of the molecule is Cn1ccnc1-c1ncc(CC(=O)O)cn1. The molecule has 0 aliphatic rings. The number of aryl methyl sites for hydroxylation is 1. The molecule has 0 bridgehead atoms. The van der Waals surface area contributed by atoms with Crippen molar-refractivity contribution in [3.05, 3.63) is 30.4 Å². The van der Waals surface area contributed by atoms with Gasteiger partial charge >= 0.3 is 5.97 Å². The van der Waals surface area contributed by atoms with Crippen molar-refractivity contribution in [2.75, 3.05) is 0 Å². The molecule has 0 aliphatic carbocycles. The zero-order chi connectivity index (χ0) is 11.5. The average molecular weight is 218 g/mol. The Labute approximate surface area is 91.6 Å². The molecular weight excluding hydrogens is 208 g/mol. The molecule has 2 aromatic heterocycles. The van der Waals surface area contributed by atoms with Crippen LogP contribution in [-0.2, 0) is 18.3 Å². The molecule has 2 rings (SSSR count). The van der Waals surface area contributed by atoms with Gasteiger partial charge in [-0.25, -0.2) is 15.0 Å². The third-order valence-electron chi connectivity index (χ3n) is 2.08. The maximum Gasteiger partial charge on any atom is 0.307 e. The first-order valence-corrected chi connectivity index (χ1v) is 4.67. The number of imidazole rings is 1. The predicted molar refractivity (Wildman–Crippen MR) is 55.6 cm³/mol. The van der Waals surface area contributed by atoms with Gasteiger partial charge in [0, 0.05) is 31.8 Å². The van der Waals surface area contributed by atoms with Crippen LogP contribution in [0.4, 0.5) is 0 Å². The van der Waals surface area contributed by atoms with Crippen LogP contribution in [0, 0.1) is 0 Å². The zero-order valence-corrected chi connectivity index (χ0v) is 8.66. The minimum absolute atomic E-state index is 0.0686. The molecule has 82 valence electrons. The number of rotatable bonds is 3. The molecule has 0 amide bonds. The summed E-state index contributed by atoms with van der Waals surface area (Å²) in [6, 6.07) is 0. The van der Waals surface area contributed by atoms with Gasteiger partial charge < -0.3 is 9.67 Å². The zero-order valence-electron chi connectivity index (χ0n) is 8.66. The topological polar surface area (TPSA) is 80.9 Å². The van der Waals surface area contributed by atoms with Crippen molar-refractivity contribution in [1.82, 2.24) is 19.5 Å². The Morgan fingerprint density at radius 2 is 2.06 bits per heavy atom. The van der Waals surface area contributed by atoms with E-state index in [4.69, 9.17) is 5.11 Å². The van der Waals surface area contributed by atoms with E-state index in [0.717, 1.165) is 0 Å². The fraction of sp³-hybridized carbons (Fsp3) is 0.200. The summed E-state index contributed by atoms with van der Waals surface area (Å²) in [6.45, 7) is 0. The van der Waals surface area contributed by atoms with Crippen LogP contribution in [0.15, 0.2) is 24.8 Å². The molecule has 0 spiro atoms. The van der Waals surface area contributed by atoms with Crippen LogP contribution in [0.1, 0.15) is 5.56 Å². The second kappa shape index (κ2) is 4.09. The number of carbonyl (C=O) groups is 1. The summed E-state index contributed by atoms with van der Waals surface area (Å²) >= 11 is 0. The second-order valence-corrected chi connectivity index (χ2v) is 3.35. The Morgan fingerprint density at radius 1 is 1.38 bits per heavy atom. The lowest BCUT2D eigenvalue weighted by Crippen LogP contribution is -2.03. The highest BCUT2D eigenvalue weighted by molar-refractivity contribution is 5.69. The highest BCUT2D eigenvalue weighted by Gasteiger charge is 2.07. The van der Waals surface area contributed by atoms with Gasteiger partial charge in [0.1, 0.15) is 0 Å². The van der Waals surface area contributed by atoms with Crippen molar-refractivity contribution >= 4 is 5.97 Å². The highest BCUT2D eigenvalue weighted by atomic mass is 16.4. The van der Waals surface area contributed by atoms with Gasteiger partial charge in [-0.2, -0.15) is 0 Å². The minimum Gasteiger partial charge on any atom is -0.481 e. The highest BCUT2D eigenvalue weighted by Crippen LogP contribution is 2.10. The first-order chi connectivity index (χ1) is 7.66. The summed E-state index contributed by atoms with van der Waals surface area (Å²) in [5.74, 6) is 0.247. The standard InChI is InChI=1S/C10H10N4O2/c1-14-3-2-11-10(14)9-12-5-7(6-13-9)4-8(15)16/h2-3,5-6H,4H2,1H3,(H,15,16). The molecule has 0 radical (unpaired) electrons. The van der Waals surface area contributed by atoms with Gasteiger partial charge in [-0.15, -0.1) is 0 Å². The summed E-state index contributed by atoms with van der Waals surface area (Å²) in [5.41, 5.74) is 0.574. The molecule has 1 N–H and O–H groups in total. The van der Waals surface area contributed by atoms with Gasteiger partial charge in [-0.05, 0) is 5.56 Å². The van der Waals surface area contributed by atoms with E-state index < -0.39 is 5.97 Å². The Bertz CT molecular complexity index is 504. The van der Waals surface area contributed by atoms with Gasteiger partial charge in [-0.3, -0.25) is 4.79 Å². The fourth-order valence-electron chi connectivity index (χ4n) is 1.32. The van der Waals surface area contributed by atoms with Crippen LogP contribution in [0.5, 0.6) is 0 Å². The number of hydrogen-bond acceptors (Lipinski definition) is 4. The molecule has 0 fully saturated rings. The molecular formula is C10H10N4O2. The molecule has 2 aromatic rings. The Balaban J connectivity index is 2.26. The Morgan fingerprint density at radius 3 is 2.56 bits per heavy atom. The summed E-state index contributed by atoms with van der Waals surface area (Å²) in [7, 11) is 1.84. The summed E-state index contributed by atoms with van der Waals surface area (Å²) < 4.78 is 1.80. The van der Waals surface area contributed by atoms with Crippen molar-refractivity contribution in [1.29, 1.82) is 0 Å². The lowest BCUT2D eigenvalue weighted by Gasteiger charge is -2.00. The molecule has 6 nitrogen and oxygen atoms in total. The van der Waals surface area contributed by atoms with Crippen LogP contribution in [0.3, 0.4) is 0 Å². The number of carboxylic acids is 1. The van der Waals surface area contributed by atoms with Gasteiger partial charge in [0.05, 0.1) is 6.42 Å². The molecule has 2 heterocycles. The van der Waals surface area contributed by atoms with E-state index in [2.05, 4.69) is 15.0 Å². The summed E-state index contributed by atoms with van der Waals surface area (Å²) in [4.78, 5) is 22.7. The molecule has 0 saturated heterocycles. The van der Waals surface area contributed by atoms with E-state index in [0.29, 0.717) is 17.2 Å². The third-order valence-corrected chi connectivity index (χ3v) is 2.08. The van der Waals surface area contributed by atoms with E-state index in [1.165, 1.54) is 12.4 Å². The van der Waals surface area contributed by atoms with Crippen molar-refractivity contribution in [3.63, 3.8) is 0 Å². The number of aliphatic carboxylic acids is 1. The molecule has 0 aromatic carbocycles. The summed E-state index contributed by atoms with van der Waals surface area (Å²) in [5, 5.41) is 8.59. The number of aromatic nitrogens is 4. The van der Waals surface area contributed by atoms with Gasteiger partial charge in [0.15, 0.2) is 11.6 Å². The Kier molecular flexibility index (Phi) is 2.63. The molecule has 16 heavy (non-hydrogen) atoms. The van der Waals surface area contributed by atoms with Gasteiger partial charge in [0.25, 0.3) is 0 Å². The van der Waals surface area contributed by atoms with Crippen LogP contribution in [0.25, 0.3) is 11.6 Å². The average Bonchev–Trinajstić information content (AvgIpc) is 2.65. The van der Waals surface area contributed by atoms with Gasteiger partial charge in [0.2, 0.25) is 0 Å². The Hall–Kier alpha value is -2.24. The molecule has 0 saturated carbocycles. The van der Waals surface area contributed by atoms with E-state index in [1.807, 2.05) is 7.05 Å². The first-order valence-electron chi connectivity index (χ1n) is 4.67. The lowest BCUT2D eigenvalue weighted by molar-refractivity contribution is -0.136. The number of hydrogen-bond donors (Lipinski definition) is 1. The van der Waals surface area contributed by atoms with E-state index in [1.54, 1.807) is 17.0 Å². The van der Waals surface area contributed by atoms with Crippen molar-refractivity contribution in [3.8, 4) is 11.6 Å². The van der Waals surface area contributed by atoms with Gasteiger partial charge in [-0.1, -0.05) is 0 Å². The normalized spacial score (nSPS) is 10.3. The third kappa shape index (κ3) is 2.05. The maximum absolute atomic E-state index is 10.5. The molecule has 0 unspecified atom stereocenters. The predicted octanol–water partition coefficient (Wildman–Crippen LogP) is 0.504. The fourth-order valence-corrected chi connectivity index (χ4v) is 1.32. The molecule has 0 atom stereocenters. The molecule has 6 heteroatoms. The maximum atomic E-state index is 10.5. The van der Waals surface area contributed by atoms with Crippen LogP contribution < -0.4 is 0 Å². The minimum atomic E-state index is -0.895. The van der Waals surface area contributed by atoms with Crippen molar-refractivity contribution < 1.29 is 9.90 Å². The van der Waals surface area contributed by atoms with Crippen molar-refractivity contribution in [2.45, 2.75) is 6.42 Å². The van der Waals surface area contributed by atoms with Crippen LogP contribution in [-0.4, -0.2) is 30.6 Å². The quantitative estimate of drug-likeness (QED) is 0.811. The van der Waals surface area contributed by atoms with Crippen LogP contribution in [0.2, 0.25) is 0 Å². The second-order valence-electron chi connectivity index (χ2n) is 3.35. The van der Waals surface area contributed by atoms with E-state index >= 15 is 0 Å². The van der Waals surface area contributed by atoms with E-state index in [-0.39, 0.29) is 6.42 Å². The van der Waals surface area contributed by atoms with Crippen LogP contribution >= 0.6 is 0 Å². The molecule has 0 aliphatic heterocycles. The first kappa shape index (κ1) is 10.3. The van der Waals surface area contributed by atoms with Crippen molar-refractivity contribution in [2.24, 2.45) is 7.05 Å². The largest absolute Gasteiger partial charge is 0.481 e. The van der Waals surface area contributed by atoms with E-state index in [9.17, 15) is 4.79 Å². The smallest absolute Gasteiger partial charge is 0.307 e.